The number of ether oxygens (including phenoxy) is 1. The zero-order valence-corrected chi connectivity index (χ0v) is 10.4. The summed E-state index contributed by atoms with van der Waals surface area (Å²) in [6, 6.07) is 4.83. The van der Waals surface area contributed by atoms with Gasteiger partial charge in [0.25, 0.3) is 0 Å². The third-order valence-corrected chi connectivity index (χ3v) is 3.50. The maximum absolute atomic E-state index is 10.7. The minimum atomic E-state index is -0.925. The van der Waals surface area contributed by atoms with Gasteiger partial charge < -0.3 is 9.84 Å². The number of hydrogen-bond acceptors (Lipinski definition) is 2. The molecule has 2 rings (SSSR count). The topological polar surface area (TPSA) is 46.5 Å². The van der Waals surface area contributed by atoms with E-state index in [-0.39, 0.29) is 5.56 Å². The first kappa shape index (κ1) is 11.5. The molecule has 4 heteroatoms. The minimum absolute atomic E-state index is 0.267. The lowest BCUT2D eigenvalue weighted by molar-refractivity contribution is 0.0696. The molecule has 86 valence electrons. The summed E-state index contributed by atoms with van der Waals surface area (Å²) in [6.07, 6.45) is 3.78. The standard InChI is InChI=1S/C12H13BrO3/c13-10-6-9(12(14)15)4-5-11(10)16-7-8-2-1-3-8/h4-6,8H,1-3,7H2,(H,14,15). The van der Waals surface area contributed by atoms with Gasteiger partial charge in [-0.15, -0.1) is 0 Å². The van der Waals surface area contributed by atoms with Gasteiger partial charge in [0.15, 0.2) is 0 Å². The van der Waals surface area contributed by atoms with E-state index in [0.29, 0.717) is 10.4 Å². The second-order valence-corrected chi connectivity index (χ2v) is 4.91. The average molecular weight is 285 g/mol. The van der Waals surface area contributed by atoms with Crippen molar-refractivity contribution >= 4 is 21.9 Å². The Balaban J connectivity index is 2.00. The van der Waals surface area contributed by atoms with E-state index in [1.54, 1.807) is 18.2 Å². The summed E-state index contributed by atoms with van der Waals surface area (Å²) >= 11 is 3.32. The van der Waals surface area contributed by atoms with Gasteiger partial charge in [0.2, 0.25) is 0 Å². The van der Waals surface area contributed by atoms with Crippen molar-refractivity contribution in [3.63, 3.8) is 0 Å². The SMILES string of the molecule is O=C(O)c1ccc(OCC2CCC2)c(Br)c1. The van der Waals surface area contributed by atoms with Gasteiger partial charge in [-0.05, 0) is 52.9 Å². The third kappa shape index (κ3) is 2.55. The lowest BCUT2D eigenvalue weighted by Crippen LogP contribution is -2.19. The van der Waals surface area contributed by atoms with Crippen LogP contribution in [-0.4, -0.2) is 17.7 Å². The number of aromatic carboxylic acids is 1. The van der Waals surface area contributed by atoms with E-state index in [4.69, 9.17) is 9.84 Å². The number of halogens is 1. The number of carboxylic acids is 1. The van der Waals surface area contributed by atoms with E-state index in [9.17, 15) is 4.79 Å². The van der Waals surface area contributed by atoms with Crippen molar-refractivity contribution in [1.82, 2.24) is 0 Å². The predicted octanol–water partition coefficient (Wildman–Crippen LogP) is 3.33. The molecule has 0 unspecified atom stereocenters. The molecule has 0 spiro atoms. The van der Waals surface area contributed by atoms with Gasteiger partial charge in [-0.1, -0.05) is 6.42 Å². The molecule has 1 aromatic rings. The summed E-state index contributed by atoms with van der Waals surface area (Å²) in [6.45, 7) is 0.727. The molecule has 3 nitrogen and oxygen atoms in total. The number of carbonyl (C=O) groups is 1. The summed E-state index contributed by atoms with van der Waals surface area (Å²) in [4.78, 5) is 10.7. The molecule has 1 aliphatic carbocycles. The van der Waals surface area contributed by atoms with E-state index in [1.807, 2.05) is 0 Å². The first-order chi connectivity index (χ1) is 7.66. The van der Waals surface area contributed by atoms with Crippen molar-refractivity contribution in [2.24, 2.45) is 5.92 Å². The maximum atomic E-state index is 10.7. The zero-order valence-electron chi connectivity index (χ0n) is 8.78. The molecule has 0 aromatic heterocycles. The Bertz CT molecular complexity index is 399. The van der Waals surface area contributed by atoms with Crippen LogP contribution in [0.5, 0.6) is 5.75 Å². The van der Waals surface area contributed by atoms with Gasteiger partial charge in [0, 0.05) is 0 Å². The molecule has 1 aromatic carbocycles. The van der Waals surface area contributed by atoms with Crippen molar-refractivity contribution in [3.8, 4) is 5.75 Å². The van der Waals surface area contributed by atoms with Gasteiger partial charge in [-0.25, -0.2) is 4.79 Å². The molecule has 0 radical (unpaired) electrons. The van der Waals surface area contributed by atoms with Gasteiger partial charge in [-0.2, -0.15) is 0 Å². The fraction of sp³-hybridized carbons (Fsp3) is 0.417. The molecule has 0 aliphatic heterocycles. The summed E-state index contributed by atoms with van der Waals surface area (Å²) in [5.41, 5.74) is 0.267. The Morgan fingerprint density at radius 3 is 2.75 bits per heavy atom. The fourth-order valence-corrected chi connectivity index (χ4v) is 2.11. The van der Waals surface area contributed by atoms with Crippen LogP contribution in [0.1, 0.15) is 29.6 Å². The monoisotopic (exact) mass is 284 g/mol. The van der Waals surface area contributed by atoms with E-state index < -0.39 is 5.97 Å². The number of rotatable bonds is 4. The van der Waals surface area contributed by atoms with E-state index in [0.717, 1.165) is 12.4 Å². The quantitative estimate of drug-likeness (QED) is 0.923. The normalized spacial score (nSPS) is 15.6. The van der Waals surface area contributed by atoms with E-state index >= 15 is 0 Å². The second-order valence-electron chi connectivity index (χ2n) is 4.06. The van der Waals surface area contributed by atoms with Crippen molar-refractivity contribution in [2.45, 2.75) is 19.3 Å². The largest absolute Gasteiger partial charge is 0.492 e. The Kier molecular flexibility index (Phi) is 3.49. The van der Waals surface area contributed by atoms with Crippen LogP contribution >= 0.6 is 15.9 Å². The molecular weight excluding hydrogens is 272 g/mol. The van der Waals surface area contributed by atoms with Crippen LogP contribution in [0, 0.1) is 5.92 Å². The van der Waals surface area contributed by atoms with Crippen LogP contribution in [0.4, 0.5) is 0 Å². The van der Waals surface area contributed by atoms with E-state index in [2.05, 4.69) is 15.9 Å². The highest BCUT2D eigenvalue weighted by atomic mass is 79.9. The Hall–Kier alpha value is -1.03. The minimum Gasteiger partial charge on any atom is -0.492 e. The lowest BCUT2D eigenvalue weighted by Gasteiger charge is -2.25. The van der Waals surface area contributed by atoms with Crippen LogP contribution < -0.4 is 4.74 Å². The number of benzene rings is 1. The van der Waals surface area contributed by atoms with Crippen LogP contribution in [0.2, 0.25) is 0 Å². The molecule has 0 saturated heterocycles. The van der Waals surface area contributed by atoms with Gasteiger partial charge in [0.1, 0.15) is 5.75 Å². The highest BCUT2D eigenvalue weighted by molar-refractivity contribution is 9.10. The Labute approximate surface area is 103 Å². The second kappa shape index (κ2) is 4.87. The summed E-state index contributed by atoms with van der Waals surface area (Å²) in [5.74, 6) is 0.467. The molecule has 1 aliphatic rings. The van der Waals surface area contributed by atoms with Crippen molar-refractivity contribution in [2.75, 3.05) is 6.61 Å². The van der Waals surface area contributed by atoms with E-state index in [1.165, 1.54) is 19.3 Å². The number of carboxylic acid groups (broad SMARTS) is 1. The highest BCUT2D eigenvalue weighted by Crippen LogP contribution is 2.30. The first-order valence-corrected chi connectivity index (χ1v) is 6.12. The summed E-state index contributed by atoms with van der Waals surface area (Å²) in [5, 5.41) is 8.80. The van der Waals surface area contributed by atoms with Crippen molar-refractivity contribution in [1.29, 1.82) is 0 Å². The van der Waals surface area contributed by atoms with Crippen LogP contribution in [0.15, 0.2) is 22.7 Å². The average Bonchev–Trinajstić information content (AvgIpc) is 2.17. The zero-order chi connectivity index (χ0) is 11.5. The Morgan fingerprint density at radius 1 is 1.50 bits per heavy atom. The lowest BCUT2D eigenvalue weighted by atomic mass is 9.86. The highest BCUT2D eigenvalue weighted by Gasteiger charge is 2.18. The first-order valence-electron chi connectivity index (χ1n) is 5.32. The Morgan fingerprint density at radius 2 is 2.25 bits per heavy atom. The van der Waals surface area contributed by atoms with Gasteiger partial charge in [-0.3, -0.25) is 0 Å². The van der Waals surface area contributed by atoms with Gasteiger partial charge in [0.05, 0.1) is 16.6 Å². The summed E-state index contributed by atoms with van der Waals surface area (Å²) < 4.78 is 6.34. The fourth-order valence-electron chi connectivity index (χ4n) is 1.62. The maximum Gasteiger partial charge on any atom is 0.335 e. The van der Waals surface area contributed by atoms with Crippen LogP contribution in [-0.2, 0) is 0 Å². The molecule has 1 N–H and O–H groups in total. The smallest absolute Gasteiger partial charge is 0.335 e. The third-order valence-electron chi connectivity index (χ3n) is 2.88. The predicted molar refractivity (Wildman–Crippen MR) is 63.9 cm³/mol. The van der Waals surface area contributed by atoms with Gasteiger partial charge >= 0.3 is 5.97 Å². The molecule has 0 bridgehead atoms. The van der Waals surface area contributed by atoms with Crippen molar-refractivity contribution < 1.29 is 14.6 Å². The number of hydrogen-bond donors (Lipinski definition) is 1. The molecule has 0 heterocycles. The molecule has 1 fully saturated rings. The molecule has 0 amide bonds. The van der Waals surface area contributed by atoms with Crippen molar-refractivity contribution in [3.05, 3.63) is 28.2 Å². The molecule has 0 atom stereocenters. The van der Waals surface area contributed by atoms with Crippen LogP contribution in [0.3, 0.4) is 0 Å². The summed E-state index contributed by atoms with van der Waals surface area (Å²) in [7, 11) is 0. The molecule has 16 heavy (non-hydrogen) atoms. The van der Waals surface area contributed by atoms with Crippen LogP contribution in [0.25, 0.3) is 0 Å². The molecular formula is C12H13BrO3. The molecule has 1 saturated carbocycles.